The number of hydrogen-bond acceptors (Lipinski definition) is 3. The van der Waals surface area contributed by atoms with Gasteiger partial charge < -0.3 is 10.5 Å². The van der Waals surface area contributed by atoms with E-state index in [0.29, 0.717) is 6.10 Å². The minimum Gasteiger partial charge on any atom is -0.378 e. The van der Waals surface area contributed by atoms with Crippen molar-refractivity contribution in [2.75, 3.05) is 26.2 Å². The van der Waals surface area contributed by atoms with Crippen LogP contribution in [0.25, 0.3) is 0 Å². The molecule has 0 radical (unpaired) electrons. The SMILES string of the molecule is CC1CC(N2CCC(CN)C2)CCO1. The van der Waals surface area contributed by atoms with Crippen molar-refractivity contribution in [3.05, 3.63) is 0 Å². The predicted octanol–water partition coefficient (Wildman–Crippen LogP) is 0.834. The molecule has 14 heavy (non-hydrogen) atoms. The third kappa shape index (κ3) is 2.27. The molecule has 0 spiro atoms. The molecular formula is C11H22N2O. The molecule has 2 N–H and O–H groups in total. The summed E-state index contributed by atoms with van der Waals surface area (Å²) < 4.78 is 5.57. The molecule has 2 rings (SSSR count). The lowest BCUT2D eigenvalue weighted by Gasteiger charge is -2.34. The number of nitrogens with two attached hydrogens (primary N) is 1. The summed E-state index contributed by atoms with van der Waals surface area (Å²) in [5.41, 5.74) is 5.70. The monoisotopic (exact) mass is 198 g/mol. The van der Waals surface area contributed by atoms with E-state index in [1.165, 1.54) is 32.4 Å². The van der Waals surface area contributed by atoms with Gasteiger partial charge in [-0.3, -0.25) is 4.90 Å². The van der Waals surface area contributed by atoms with E-state index in [1.54, 1.807) is 0 Å². The molecule has 0 saturated carbocycles. The molecular weight excluding hydrogens is 176 g/mol. The minimum absolute atomic E-state index is 0.450. The number of nitrogens with zero attached hydrogens (tertiary/aromatic N) is 1. The summed E-state index contributed by atoms with van der Waals surface area (Å²) in [6.45, 7) is 6.45. The first kappa shape index (κ1) is 10.4. The van der Waals surface area contributed by atoms with E-state index in [-0.39, 0.29) is 0 Å². The molecule has 2 aliphatic rings. The second kappa shape index (κ2) is 4.60. The van der Waals surface area contributed by atoms with Crippen molar-refractivity contribution >= 4 is 0 Å². The highest BCUT2D eigenvalue weighted by molar-refractivity contribution is 4.84. The second-order valence-corrected chi connectivity index (χ2v) is 4.74. The van der Waals surface area contributed by atoms with Crippen LogP contribution in [-0.2, 0) is 4.74 Å². The van der Waals surface area contributed by atoms with Crippen molar-refractivity contribution in [3.63, 3.8) is 0 Å². The number of rotatable bonds is 2. The van der Waals surface area contributed by atoms with Gasteiger partial charge in [0.15, 0.2) is 0 Å². The lowest BCUT2D eigenvalue weighted by molar-refractivity contribution is -0.0128. The standard InChI is InChI=1S/C11H22N2O/c1-9-6-11(3-5-14-9)13-4-2-10(7-12)8-13/h9-11H,2-8,12H2,1H3. The third-order valence-corrected chi connectivity index (χ3v) is 3.62. The maximum absolute atomic E-state index is 5.70. The molecule has 3 atom stereocenters. The van der Waals surface area contributed by atoms with Crippen molar-refractivity contribution in [2.45, 2.75) is 38.3 Å². The van der Waals surface area contributed by atoms with Gasteiger partial charge in [-0.25, -0.2) is 0 Å². The Morgan fingerprint density at radius 1 is 1.43 bits per heavy atom. The van der Waals surface area contributed by atoms with Crippen molar-refractivity contribution in [1.82, 2.24) is 4.90 Å². The van der Waals surface area contributed by atoms with E-state index in [1.807, 2.05) is 0 Å². The Morgan fingerprint density at radius 2 is 2.29 bits per heavy atom. The van der Waals surface area contributed by atoms with Crippen LogP contribution in [0.3, 0.4) is 0 Å². The van der Waals surface area contributed by atoms with Crippen LogP contribution in [0, 0.1) is 5.92 Å². The molecule has 0 aromatic heterocycles. The van der Waals surface area contributed by atoms with Crippen LogP contribution in [0.1, 0.15) is 26.2 Å². The minimum atomic E-state index is 0.450. The Morgan fingerprint density at radius 3 is 2.93 bits per heavy atom. The smallest absolute Gasteiger partial charge is 0.0561 e. The van der Waals surface area contributed by atoms with Gasteiger partial charge >= 0.3 is 0 Å². The molecule has 3 nitrogen and oxygen atoms in total. The van der Waals surface area contributed by atoms with Gasteiger partial charge in [0.2, 0.25) is 0 Å². The van der Waals surface area contributed by atoms with Crippen LogP contribution >= 0.6 is 0 Å². The van der Waals surface area contributed by atoms with Crippen molar-refractivity contribution in [1.29, 1.82) is 0 Å². The van der Waals surface area contributed by atoms with Gasteiger partial charge in [-0.1, -0.05) is 0 Å². The first-order chi connectivity index (χ1) is 6.79. The summed E-state index contributed by atoms with van der Waals surface area (Å²) in [6, 6.07) is 0.760. The zero-order chi connectivity index (χ0) is 9.97. The Hall–Kier alpha value is -0.120. The zero-order valence-corrected chi connectivity index (χ0v) is 9.11. The molecule has 0 aromatic carbocycles. The average Bonchev–Trinajstić information content (AvgIpc) is 2.66. The normalized spacial score (nSPS) is 40.3. The summed E-state index contributed by atoms with van der Waals surface area (Å²) in [7, 11) is 0. The highest BCUT2D eigenvalue weighted by atomic mass is 16.5. The lowest BCUT2D eigenvalue weighted by Crippen LogP contribution is -2.40. The van der Waals surface area contributed by atoms with Crippen LogP contribution in [-0.4, -0.2) is 43.3 Å². The van der Waals surface area contributed by atoms with Crippen molar-refractivity contribution in [2.24, 2.45) is 11.7 Å². The first-order valence-corrected chi connectivity index (χ1v) is 5.85. The Kier molecular flexibility index (Phi) is 3.42. The zero-order valence-electron chi connectivity index (χ0n) is 9.11. The largest absolute Gasteiger partial charge is 0.378 e. The average molecular weight is 198 g/mol. The molecule has 2 aliphatic heterocycles. The van der Waals surface area contributed by atoms with Crippen LogP contribution < -0.4 is 5.73 Å². The summed E-state index contributed by atoms with van der Waals surface area (Å²) in [5.74, 6) is 0.744. The molecule has 0 amide bonds. The van der Waals surface area contributed by atoms with E-state index in [9.17, 15) is 0 Å². The van der Waals surface area contributed by atoms with Crippen molar-refractivity contribution < 1.29 is 4.74 Å². The fraction of sp³-hybridized carbons (Fsp3) is 1.00. The van der Waals surface area contributed by atoms with Crippen LogP contribution in [0.5, 0.6) is 0 Å². The van der Waals surface area contributed by atoms with Gasteiger partial charge in [0.1, 0.15) is 0 Å². The molecule has 2 heterocycles. The fourth-order valence-corrected chi connectivity index (χ4v) is 2.69. The molecule has 0 aliphatic carbocycles. The molecule has 2 fully saturated rings. The van der Waals surface area contributed by atoms with E-state index < -0.39 is 0 Å². The van der Waals surface area contributed by atoms with Gasteiger partial charge in [-0.15, -0.1) is 0 Å². The topological polar surface area (TPSA) is 38.5 Å². The van der Waals surface area contributed by atoms with Gasteiger partial charge in [-0.05, 0) is 45.2 Å². The Bertz CT molecular complexity index is 186. The van der Waals surface area contributed by atoms with E-state index in [0.717, 1.165) is 25.1 Å². The summed E-state index contributed by atoms with van der Waals surface area (Å²) in [6.07, 6.45) is 4.16. The summed E-state index contributed by atoms with van der Waals surface area (Å²) >= 11 is 0. The third-order valence-electron chi connectivity index (χ3n) is 3.62. The van der Waals surface area contributed by atoms with Crippen LogP contribution in [0.2, 0.25) is 0 Å². The summed E-state index contributed by atoms with van der Waals surface area (Å²) in [4.78, 5) is 2.62. The fourth-order valence-electron chi connectivity index (χ4n) is 2.69. The maximum atomic E-state index is 5.70. The van der Waals surface area contributed by atoms with Gasteiger partial charge in [0, 0.05) is 19.2 Å². The maximum Gasteiger partial charge on any atom is 0.0561 e. The van der Waals surface area contributed by atoms with Crippen LogP contribution in [0.4, 0.5) is 0 Å². The van der Waals surface area contributed by atoms with Crippen molar-refractivity contribution in [3.8, 4) is 0 Å². The summed E-state index contributed by atoms with van der Waals surface area (Å²) in [5, 5.41) is 0. The Labute approximate surface area is 86.6 Å². The number of hydrogen-bond donors (Lipinski definition) is 1. The quantitative estimate of drug-likeness (QED) is 0.714. The van der Waals surface area contributed by atoms with Gasteiger partial charge in [0.25, 0.3) is 0 Å². The molecule has 0 aromatic rings. The van der Waals surface area contributed by atoms with E-state index in [2.05, 4.69) is 11.8 Å². The van der Waals surface area contributed by atoms with E-state index in [4.69, 9.17) is 10.5 Å². The highest BCUT2D eigenvalue weighted by Gasteiger charge is 2.30. The number of ether oxygens (including phenoxy) is 1. The molecule has 82 valence electrons. The van der Waals surface area contributed by atoms with Crippen LogP contribution in [0.15, 0.2) is 0 Å². The second-order valence-electron chi connectivity index (χ2n) is 4.74. The van der Waals surface area contributed by atoms with Gasteiger partial charge in [0.05, 0.1) is 6.10 Å². The first-order valence-electron chi connectivity index (χ1n) is 5.85. The predicted molar refractivity (Wildman–Crippen MR) is 57.2 cm³/mol. The highest BCUT2D eigenvalue weighted by Crippen LogP contribution is 2.25. The lowest BCUT2D eigenvalue weighted by atomic mass is 10.0. The molecule has 3 heteroatoms. The van der Waals surface area contributed by atoms with Gasteiger partial charge in [-0.2, -0.15) is 0 Å². The molecule has 2 saturated heterocycles. The van der Waals surface area contributed by atoms with E-state index >= 15 is 0 Å². The Balaban J connectivity index is 1.83. The molecule has 3 unspecified atom stereocenters. The number of likely N-dealkylation sites (tertiary alicyclic amines) is 1. The molecule has 0 bridgehead atoms.